The maximum Gasteiger partial charge on any atom is 0.195 e. The second kappa shape index (κ2) is 3.98. The fraction of sp³-hybridized carbons (Fsp3) is 0.438. The van der Waals surface area contributed by atoms with Crippen molar-refractivity contribution >= 4 is 16.8 Å². The Bertz CT molecular complexity index is 625. The Kier molecular flexibility index (Phi) is 2.84. The molecule has 2 rings (SSSR count). The first-order valence-electron chi connectivity index (χ1n) is 6.27. The third kappa shape index (κ3) is 1.96. The van der Waals surface area contributed by atoms with E-state index in [1.54, 1.807) is 6.92 Å². The summed E-state index contributed by atoms with van der Waals surface area (Å²) in [5.41, 5.74) is 4.17. The molecule has 0 saturated carbocycles. The van der Waals surface area contributed by atoms with Crippen LogP contribution in [0, 0.1) is 13.8 Å². The van der Waals surface area contributed by atoms with Gasteiger partial charge in [-0.3, -0.25) is 4.79 Å². The highest BCUT2D eigenvalue weighted by Crippen LogP contribution is 2.35. The molecule has 0 aliphatic heterocycles. The van der Waals surface area contributed by atoms with Crippen molar-refractivity contribution in [2.24, 2.45) is 0 Å². The van der Waals surface area contributed by atoms with Crippen LogP contribution < -0.4 is 0 Å². The van der Waals surface area contributed by atoms with Crippen LogP contribution in [0.3, 0.4) is 0 Å². The molecule has 2 aromatic rings. The molecule has 0 spiro atoms. The Morgan fingerprint density at radius 2 is 1.78 bits per heavy atom. The number of rotatable bonds is 1. The summed E-state index contributed by atoms with van der Waals surface area (Å²) < 4.78 is 5.82. The first-order chi connectivity index (χ1) is 8.21. The van der Waals surface area contributed by atoms with Crippen molar-refractivity contribution in [1.82, 2.24) is 0 Å². The molecule has 1 heterocycles. The molecule has 0 bridgehead atoms. The number of hydrogen-bond donors (Lipinski definition) is 0. The predicted octanol–water partition coefficient (Wildman–Crippen LogP) is 4.55. The van der Waals surface area contributed by atoms with Crippen molar-refractivity contribution in [3.8, 4) is 0 Å². The lowest BCUT2D eigenvalue weighted by atomic mass is 9.85. The van der Waals surface area contributed by atoms with Gasteiger partial charge in [0.1, 0.15) is 5.58 Å². The minimum absolute atomic E-state index is 0.00260. The van der Waals surface area contributed by atoms with Gasteiger partial charge < -0.3 is 4.42 Å². The van der Waals surface area contributed by atoms with Crippen LogP contribution >= 0.6 is 0 Å². The third-order valence-corrected chi connectivity index (χ3v) is 3.31. The molecule has 2 nitrogen and oxygen atoms in total. The molecule has 0 amide bonds. The molecule has 0 atom stereocenters. The van der Waals surface area contributed by atoms with Gasteiger partial charge in [-0.15, -0.1) is 0 Å². The topological polar surface area (TPSA) is 30.2 Å². The monoisotopic (exact) mass is 244 g/mol. The third-order valence-electron chi connectivity index (χ3n) is 3.31. The standard InChI is InChI=1S/C16H20O2/c1-9-7-12-10(2)14(11(3)17)18-15(12)13(8-9)16(4,5)6/h7-8H,1-6H3. The maximum absolute atomic E-state index is 11.6. The van der Waals surface area contributed by atoms with E-state index in [0.29, 0.717) is 5.76 Å². The molecule has 0 radical (unpaired) electrons. The molecule has 0 unspecified atom stereocenters. The van der Waals surface area contributed by atoms with E-state index in [2.05, 4.69) is 39.8 Å². The molecule has 0 N–H and O–H groups in total. The van der Waals surface area contributed by atoms with E-state index in [1.165, 1.54) is 5.56 Å². The Morgan fingerprint density at radius 3 is 2.28 bits per heavy atom. The molecular weight excluding hydrogens is 224 g/mol. The summed E-state index contributed by atoms with van der Waals surface area (Å²) in [7, 11) is 0. The van der Waals surface area contributed by atoms with Crippen LogP contribution in [0.2, 0.25) is 0 Å². The van der Waals surface area contributed by atoms with Gasteiger partial charge in [0.2, 0.25) is 0 Å². The lowest BCUT2D eigenvalue weighted by Gasteiger charge is -2.19. The zero-order valence-corrected chi connectivity index (χ0v) is 12.0. The SMILES string of the molecule is CC(=O)c1oc2c(C(C)(C)C)cc(C)cc2c1C. The lowest BCUT2D eigenvalue weighted by molar-refractivity contribution is 0.0988. The normalized spacial score (nSPS) is 12.1. The number of hydrogen-bond acceptors (Lipinski definition) is 2. The Labute approximate surface area is 108 Å². The molecule has 0 aliphatic carbocycles. The van der Waals surface area contributed by atoms with Gasteiger partial charge in [-0.1, -0.05) is 26.8 Å². The molecule has 18 heavy (non-hydrogen) atoms. The van der Waals surface area contributed by atoms with E-state index in [0.717, 1.165) is 22.1 Å². The number of aryl methyl sites for hydroxylation is 2. The first-order valence-corrected chi connectivity index (χ1v) is 6.27. The number of furan rings is 1. The highest BCUT2D eigenvalue weighted by molar-refractivity contribution is 5.99. The predicted molar refractivity (Wildman–Crippen MR) is 74.4 cm³/mol. The second-order valence-electron chi connectivity index (χ2n) is 6.05. The molecule has 0 fully saturated rings. The van der Waals surface area contributed by atoms with E-state index in [1.807, 2.05) is 6.92 Å². The van der Waals surface area contributed by atoms with Gasteiger partial charge in [-0.2, -0.15) is 0 Å². The van der Waals surface area contributed by atoms with E-state index < -0.39 is 0 Å². The molecule has 96 valence electrons. The van der Waals surface area contributed by atoms with Gasteiger partial charge in [0.15, 0.2) is 11.5 Å². The zero-order valence-electron chi connectivity index (χ0n) is 12.0. The Morgan fingerprint density at radius 1 is 1.17 bits per heavy atom. The minimum Gasteiger partial charge on any atom is -0.452 e. The van der Waals surface area contributed by atoms with Gasteiger partial charge in [0.25, 0.3) is 0 Å². The van der Waals surface area contributed by atoms with Crippen LogP contribution in [0.4, 0.5) is 0 Å². The summed E-state index contributed by atoms with van der Waals surface area (Å²) in [4.78, 5) is 11.6. The summed E-state index contributed by atoms with van der Waals surface area (Å²) in [5, 5.41) is 1.06. The van der Waals surface area contributed by atoms with Crippen LogP contribution in [-0.2, 0) is 5.41 Å². The van der Waals surface area contributed by atoms with E-state index >= 15 is 0 Å². The lowest BCUT2D eigenvalue weighted by Crippen LogP contribution is -2.11. The van der Waals surface area contributed by atoms with Crippen molar-refractivity contribution in [2.45, 2.75) is 47.0 Å². The number of fused-ring (bicyclic) bond motifs is 1. The number of Topliss-reactive ketones (excluding diaryl/α,β-unsaturated/α-hetero) is 1. The van der Waals surface area contributed by atoms with Crippen molar-refractivity contribution in [3.63, 3.8) is 0 Å². The van der Waals surface area contributed by atoms with Gasteiger partial charge in [-0.05, 0) is 30.9 Å². The number of carbonyl (C=O) groups excluding carboxylic acids is 1. The zero-order chi connectivity index (χ0) is 13.7. The van der Waals surface area contributed by atoms with Crippen molar-refractivity contribution in [1.29, 1.82) is 0 Å². The largest absolute Gasteiger partial charge is 0.452 e. The molecule has 2 heteroatoms. The second-order valence-corrected chi connectivity index (χ2v) is 6.05. The fourth-order valence-corrected chi connectivity index (χ4v) is 2.36. The maximum atomic E-state index is 11.6. The first kappa shape index (κ1) is 12.9. The highest BCUT2D eigenvalue weighted by atomic mass is 16.3. The van der Waals surface area contributed by atoms with Crippen LogP contribution in [0.1, 0.15) is 54.9 Å². The average Bonchev–Trinajstić information content (AvgIpc) is 2.54. The Hall–Kier alpha value is -1.57. The van der Waals surface area contributed by atoms with Crippen LogP contribution in [-0.4, -0.2) is 5.78 Å². The minimum atomic E-state index is -0.0128. The summed E-state index contributed by atoms with van der Waals surface area (Å²) >= 11 is 0. The molecule has 1 aromatic heterocycles. The van der Waals surface area contributed by atoms with Gasteiger partial charge in [-0.25, -0.2) is 0 Å². The summed E-state index contributed by atoms with van der Waals surface area (Å²) in [5.74, 6) is 0.474. The van der Waals surface area contributed by atoms with Gasteiger partial charge in [0, 0.05) is 23.4 Å². The van der Waals surface area contributed by atoms with Crippen LogP contribution in [0.5, 0.6) is 0 Å². The van der Waals surface area contributed by atoms with Crippen molar-refractivity contribution in [3.05, 3.63) is 34.6 Å². The van der Waals surface area contributed by atoms with Crippen LogP contribution in [0.15, 0.2) is 16.5 Å². The van der Waals surface area contributed by atoms with Crippen molar-refractivity contribution < 1.29 is 9.21 Å². The quantitative estimate of drug-likeness (QED) is 0.689. The smallest absolute Gasteiger partial charge is 0.195 e. The number of carbonyl (C=O) groups is 1. The number of ketones is 1. The molecule has 0 aliphatic rings. The van der Waals surface area contributed by atoms with E-state index in [-0.39, 0.29) is 11.2 Å². The Balaban J connectivity index is 2.89. The highest BCUT2D eigenvalue weighted by Gasteiger charge is 2.23. The molecule has 1 aromatic carbocycles. The molecular formula is C16H20O2. The summed E-state index contributed by atoms with van der Waals surface area (Å²) in [6, 6.07) is 4.24. The summed E-state index contributed by atoms with van der Waals surface area (Å²) in [6.07, 6.45) is 0. The van der Waals surface area contributed by atoms with Crippen molar-refractivity contribution in [2.75, 3.05) is 0 Å². The fourth-order valence-electron chi connectivity index (χ4n) is 2.36. The van der Waals surface area contributed by atoms with E-state index in [9.17, 15) is 4.79 Å². The van der Waals surface area contributed by atoms with Crippen LogP contribution in [0.25, 0.3) is 11.0 Å². The van der Waals surface area contributed by atoms with Gasteiger partial charge in [0.05, 0.1) is 0 Å². The summed E-state index contributed by atoms with van der Waals surface area (Å²) in [6.45, 7) is 12.1. The number of benzene rings is 1. The molecule has 0 saturated heterocycles. The van der Waals surface area contributed by atoms with Gasteiger partial charge >= 0.3 is 0 Å². The average molecular weight is 244 g/mol. The van der Waals surface area contributed by atoms with E-state index in [4.69, 9.17) is 4.42 Å².